The Morgan fingerprint density at radius 1 is 1.11 bits per heavy atom. The molecule has 27 heavy (non-hydrogen) atoms. The molecular weight excluding hydrogens is 364 g/mol. The van der Waals surface area contributed by atoms with Crippen LogP contribution < -0.4 is 10.1 Å². The van der Waals surface area contributed by atoms with Gasteiger partial charge < -0.3 is 10.1 Å². The van der Waals surface area contributed by atoms with Gasteiger partial charge in [-0.25, -0.2) is 8.42 Å². The van der Waals surface area contributed by atoms with Gasteiger partial charge in [-0.05, 0) is 43.2 Å². The number of carbonyl (C=O) groups is 1. The maximum atomic E-state index is 13.1. The fourth-order valence-electron chi connectivity index (χ4n) is 2.49. The van der Waals surface area contributed by atoms with Gasteiger partial charge in [-0.15, -0.1) is 0 Å². The summed E-state index contributed by atoms with van der Waals surface area (Å²) in [7, 11) is -2.33. The van der Waals surface area contributed by atoms with E-state index in [4.69, 9.17) is 4.74 Å². The number of hydrogen-bond acceptors (Lipinski definition) is 4. The minimum Gasteiger partial charge on any atom is -0.497 e. The van der Waals surface area contributed by atoms with Crippen LogP contribution in [0.5, 0.6) is 5.75 Å². The molecule has 0 aliphatic rings. The lowest BCUT2D eigenvalue weighted by molar-refractivity contribution is -0.122. The van der Waals surface area contributed by atoms with Crippen molar-refractivity contribution in [2.75, 3.05) is 13.7 Å². The molecule has 1 atom stereocenters. The number of nitrogens with one attached hydrogen (secondary N) is 1. The number of sulfonamides is 1. The molecule has 2 aromatic rings. The standard InChI is InChI=1S/C20H26N2O4S/c1-4-16(2)21-20(23)15-22(14-17-8-6-5-7-9-17)27(24,25)19-12-10-18(26-3)11-13-19/h5-13,16H,4,14-15H2,1-3H3,(H,21,23). The zero-order valence-corrected chi connectivity index (χ0v) is 16.7. The van der Waals surface area contributed by atoms with Gasteiger partial charge in [0.05, 0.1) is 18.6 Å². The van der Waals surface area contributed by atoms with Gasteiger partial charge in [-0.1, -0.05) is 37.3 Å². The molecule has 0 saturated carbocycles. The van der Waals surface area contributed by atoms with Gasteiger partial charge in [0.1, 0.15) is 5.75 Å². The Morgan fingerprint density at radius 2 is 1.74 bits per heavy atom. The van der Waals surface area contributed by atoms with Crippen molar-refractivity contribution in [2.45, 2.75) is 37.8 Å². The van der Waals surface area contributed by atoms with E-state index in [9.17, 15) is 13.2 Å². The Hall–Kier alpha value is -2.38. The lowest BCUT2D eigenvalue weighted by atomic mass is 10.2. The molecule has 2 aromatic carbocycles. The first-order valence-electron chi connectivity index (χ1n) is 8.84. The molecule has 146 valence electrons. The zero-order chi connectivity index (χ0) is 19.9. The number of ether oxygens (including phenoxy) is 1. The molecule has 0 radical (unpaired) electrons. The summed E-state index contributed by atoms with van der Waals surface area (Å²) in [5.74, 6) is 0.246. The van der Waals surface area contributed by atoms with Crippen LogP contribution in [-0.4, -0.2) is 38.3 Å². The Labute approximate surface area is 161 Å². The first kappa shape index (κ1) is 20.9. The highest BCUT2D eigenvalue weighted by Gasteiger charge is 2.27. The molecule has 0 saturated heterocycles. The van der Waals surface area contributed by atoms with Crippen LogP contribution >= 0.6 is 0 Å². The summed E-state index contributed by atoms with van der Waals surface area (Å²) in [4.78, 5) is 12.5. The number of amides is 1. The maximum absolute atomic E-state index is 13.1. The van der Waals surface area contributed by atoms with E-state index in [0.717, 1.165) is 12.0 Å². The first-order chi connectivity index (χ1) is 12.9. The number of rotatable bonds is 9. The smallest absolute Gasteiger partial charge is 0.243 e. The molecule has 0 fully saturated rings. The molecule has 6 nitrogen and oxygen atoms in total. The van der Waals surface area contributed by atoms with Crippen molar-refractivity contribution in [3.05, 3.63) is 60.2 Å². The van der Waals surface area contributed by atoms with Crippen LogP contribution in [-0.2, 0) is 21.4 Å². The van der Waals surface area contributed by atoms with Crippen molar-refractivity contribution in [1.82, 2.24) is 9.62 Å². The molecule has 0 aliphatic carbocycles. The third-order valence-electron chi connectivity index (χ3n) is 4.24. The molecule has 0 aromatic heterocycles. The van der Waals surface area contributed by atoms with Crippen LogP contribution in [0.4, 0.5) is 0 Å². The predicted octanol–water partition coefficient (Wildman–Crippen LogP) is 2.80. The van der Waals surface area contributed by atoms with Crippen LogP contribution in [0, 0.1) is 0 Å². The van der Waals surface area contributed by atoms with Crippen LogP contribution in [0.25, 0.3) is 0 Å². The van der Waals surface area contributed by atoms with E-state index in [1.54, 1.807) is 12.1 Å². The summed E-state index contributed by atoms with van der Waals surface area (Å²) in [6.45, 7) is 3.72. The molecule has 0 aliphatic heterocycles. The fraction of sp³-hybridized carbons (Fsp3) is 0.350. The molecule has 2 rings (SSSR count). The molecule has 1 amide bonds. The van der Waals surface area contributed by atoms with Gasteiger partial charge >= 0.3 is 0 Å². The maximum Gasteiger partial charge on any atom is 0.243 e. The molecule has 7 heteroatoms. The summed E-state index contributed by atoms with van der Waals surface area (Å²) >= 11 is 0. The van der Waals surface area contributed by atoms with Crippen LogP contribution in [0.15, 0.2) is 59.5 Å². The highest BCUT2D eigenvalue weighted by Crippen LogP contribution is 2.21. The number of carbonyl (C=O) groups excluding carboxylic acids is 1. The highest BCUT2D eigenvalue weighted by atomic mass is 32.2. The van der Waals surface area contributed by atoms with Gasteiger partial charge in [0.2, 0.25) is 15.9 Å². The van der Waals surface area contributed by atoms with E-state index in [2.05, 4.69) is 5.32 Å². The Bertz CT molecular complexity index is 836. The third-order valence-corrected chi connectivity index (χ3v) is 6.04. The van der Waals surface area contributed by atoms with Crippen molar-refractivity contribution < 1.29 is 17.9 Å². The summed E-state index contributed by atoms with van der Waals surface area (Å²) in [6, 6.07) is 15.4. The molecule has 1 N–H and O–H groups in total. The van der Waals surface area contributed by atoms with Gasteiger partial charge in [-0.2, -0.15) is 4.31 Å². The van der Waals surface area contributed by atoms with Gasteiger partial charge in [0, 0.05) is 12.6 Å². The predicted molar refractivity (Wildman–Crippen MR) is 105 cm³/mol. The third kappa shape index (κ3) is 5.80. The van der Waals surface area contributed by atoms with Gasteiger partial charge in [0.15, 0.2) is 0 Å². The minimum absolute atomic E-state index is 0.0141. The average molecular weight is 391 g/mol. The normalized spacial score (nSPS) is 12.6. The van der Waals surface area contributed by atoms with Crippen molar-refractivity contribution in [1.29, 1.82) is 0 Å². The Balaban J connectivity index is 2.29. The van der Waals surface area contributed by atoms with Crippen LogP contribution in [0.1, 0.15) is 25.8 Å². The summed E-state index contributed by atoms with van der Waals surface area (Å²) in [5, 5.41) is 2.82. The van der Waals surface area contributed by atoms with Crippen molar-refractivity contribution in [2.24, 2.45) is 0 Å². The van der Waals surface area contributed by atoms with E-state index in [1.165, 1.54) is 23.5 Å². The molecule has 1 unspecified atom stereocenters. The van der Waals surface area contributed by atoms with E-state index < -0.39 is 10.0 Å². The second kappa shape index (κ2) is 9.53. The second-order valence-electron chi connectivity index (χ2n) is 6.31. The van der Waals surface area contributed by atoms with E-state index in [-0.39, 0.29) is 29.9 Å². The van der Waals surface area contributed by atoms with Crippen molar-refractivity contribution >= 4 is 15.9 Å². The second-order valence-corrected chi connectivity index (χ2v) is 8.25. The van der Waals surface area contributed by atoms with Crippen LogP contribution in [0.2, 0.25) is 0 Å². The number of methoxy groups -OCH3 is 1. The van der Waals surface area contributed by atoms with E-state index in [0.29, 0.717) is 5.75 Å². The molecule has 0 heterocycles. The SMILES string of the molecule is CCC(C)NC(=O)CN(Cc1ccccc1)S(=O)(=O)c1ccc(OC)cc1. The quantitative estimate of drug-likeness (QED) is 0.714. The topological polar surface area (TPSA) is 75.7 Å². The Kier molecular flexibility index (Phi) is 7.38. The zero-order valence-electron chi connectivity index (χ0n) is 15.9. The lowest BCUT2D eigenvalue weighted by Gasteiger charge is -2.23. The van der Waals surface area contributed by atoms with Crippen molar-refractivity contribution in [3.8, 4) is 5.75 Å². The number of hydrogen-bond donors (Lipinski definition) is 1. The highest BCUT2D eigenvalue weighted by molar-refractivity contribution is 7.89. The first-order valence-corrected chi connectivity index (χ1v) is 10.3. The molecular formula is C20H26N2O4S. The van der Waals surface area contributed by atoms with Gasteiger partial charge in [0.25, 0.3) is 0 Å². The monoisotopic (exact) mass is 390 g/mol. The number of benzene rings is 2. The Morgan fingerprint density at radius 3 is 2.30 bits per heavy atom. The largest absolute Gasteiger partial charge is 0.497 e. The summed E-state index contributed by atoms with van der Waals surface area (Å²) in [6.07, 6.45) is 0.773. The van der Waals surface area contributed by atoms with Gasteiger partial charge in [-0.3, -0.25) is 4.79 Å². The average Bonchev–Trinajstić information content (AvgIpc) is 2.68. The number of nitrogens with zero attached hydrogens (tertiary/aromatic N) is 1. The lowest BCUT2D eigenvalue weighted by Crippen LogP contribution is -2.43. The summed E-state index contributed by atoms with van der Waals surface area (Å²) < 4.78 is 32.5. The van der Waals surface area contributed by atoms with E-state index >= 15 is 0 Å². The van der Waals surface area contributed by atoms with E-state index in [1.807, 2.05) is 44.2 Å². The minimum atomic E-state index is -3.84. The van der Waals surface area contributed by atoms with Crippen LogP contribution in [0.3, 0.4) is 0 Å². The van der Waals surface area contributed by atoms with Crippen molar-refractivity contribution in [3.63, 3.8) is 0 Å². The fourth-order valence-corrected chi connectivity index (χ4v) is 3.88. The molecule has 0 bridgehead atoms. The molecule has 0 spiro atoms. The summed E-state index contributed by atoms with van der Waals surface area (Å²) in [5.41, 5.74) is 0.811.